The predicted octanol–water partition coefficient (Wildman–Crippen LogP) is 19.4. The summed E-state index contributed by atoms with van der Waals surface area (Å²) < 4.78 is 68.2. The van der Waals surface area contributed by atoms with Crippen LogP contribution in [-0.4, -0.2) is 96.7 Å². The summed E-state index contributed by atoms with van der Waals surface area (Å²) in [5.41, 5.74) is 0. The molecular weight excluding hydrogens is 1170 g/mol. The van der Waals surface area contributed by atoms with E-state index in [4.69, 9.17) is 37.0 Å². The Hall–Kier alpha value is -2.46. The van der Waals surface area contributed by atoms with Gasteiger partial charge in [0.2, 0.25) is 0 Å². The van der Waals surface area contributed by atoms with Crippen molar-refractivity contribution in [1.82, 2.24) is 0 Å². The molecule has 0 aromatic rings. The van der Waals surface area contributed by atoms with Crippen molar-refractivity contribution < 1.29 is 80.2 Å². The SMILES string of the molecule is CCCCCC/C=C\C=C/CCCCCCCC(=O)O[C@H](COC(=O)CCCCCCCCCC(C)C)COP(=O)(O)OCC(O)COP(=O)(O)OC[C@@H](COC(=O)CCCCCCCCCCC(C)C)OC(=O)CCCCCCCCCCCCC(C)C. The molecule has 5 atom stereocenters. The Morgan fingerprint density at radius 2 is 0.607 bits per heavy atom. The zero-order valence-corrected chi connectivity index (χ0v) is 59.2. The second-order valence-electron chi connectivity index (χ2n) is 26.0. The summed E-state index contributed by atoms with van der Waals surface area (Å²) in [5, 5.41) is 10.6. The van der Waals surface area contributed by atoms with Gasteiger partial charge in [0, 0.05) is 25.7 Å². The van der Waals surface area contributed by atoms with E-state index in [0.717, 1.165) is 121 Å². The third-order valence-corrected chi connectivity index (χ3v) is 17.4. The Morgan fingerprint density at radius 3 is 0.910 bits per heavy atom. The highest BCUT2D eigenvalue weighted by Crippen LogP contribution is 2.45. The van der Waals surface area contributed by atoms with Gasteiger partial charge in [-0.3, -0.25) is 37.3 Å². The first-order valence-electron chi connectivity index (χ1n) is 35.7. The van der Waals surface area contributed by atoms with Gasteiger partial charge in [0.15, 0.2) is 12.2 Å². The van der Waals surface area contributed by atoms with E-state index in [1.165, 1.54) is 116 Å². The summed E-state index contributed by atoms with van der Waals surface area (Å²) in [7, 11) is -9.91. The van der Waals surface area contributed by atoms with E-state index in [9.17, 15) is 43.2 Å². The van der Waals surface area contributed by atoms with Crippen molar-refractivity contribution in [1.29, 1.82) is 0 Å². The lowest BCUT2D eigenvalue weighted by atomic mass is 10.0. The molecule has 0 saturated heterocycles. The fraction of sp³-hybridized carbons (Fsp3) is 0.886. The van der Waals surface area contributed by atoms with Crippen LogP contribution < -0.4 is 0 Å². The lowest BCUT2D eigenvalue weighted by molar-refractivity contribution is -0.161. The predicted molar refractivity (Wildman–Crippen MR) is 358 cm³/mol. The fourth-order valence-corrected chi connectivity index (χ4v) is 11.6. The number of ether oxygens (including phenoxy) is 4. The monoisotopic (exact) mass is 1310 g/mol. The van der Waals surface area contributed by atoms with Crippen molar-refractivity contribution in [2.45, 2.75) is 343 Å². The van der Waals surface area contributed by atoms with Gasteiger partial charge >= 0.3 is 39.5 Å². The molecule has 0 aromatic heterocycles. The van der Waals surface area contributed by atoms with Gasteiger partial charge in [-0.15, -0.1) is 0 Å². The lowest BCUT2D eigenvalue weighted by Crippen LogP contribution is -2.30. The molecule has 17 nitrogen and oxygen atoms in total. The number of phosphoric acid groups is 2. The van der Waals surface area contributed by atoms with Crippen molar-refractivity contribution in [2.75, 3.05) is 39.6 Å². The molecule has 0 aliphatic carbocycles. The van der Waals surface area contributed by atoms with Gasteiger partial charge in [-0.2, -0.15) is 0 Å². The van der Waals surface area contributed by atoms with Gasteiger partial charge in [0.25, 0.3) is 0 Å². The van der Waals surface area contributed by atoms with E-state index in [2.05, 4.69) is 72.8 Å². The number of carbonyl (C=O) groups is 4. The Balaban J connectivity index is 5.29. The molecule has 89 heavy (non-hydrogen) atoms. The van der Waals surface area contributed by atoms with Crippen LogP contribution >= 0.6 is 15.6 Å². The summed E-state index contributed by atoms with van der Waals surface area (Å²) in [6.45, 7) is 11.7. The molecular formula is C70H132O17P2. The first-order chi connectivity index (χ1) is 42.7. The molecule has 3 unspecified atom stereocenters. The van der Waals surface area contributed by atoms with Crippen molar-refractivity contribution >= 4 is 39.5 Å². The highest BCUT2D eigenvalue weighted by Gasteiger charge is 2.30. The normalized spacial score (nSPS) is 14.4. The number of aliphatic hydroxyl groups is 1. The third-order valence-electron chi connectivity index (χ3n) is 15.5. The summed E-state index contributed by atoms with van der Waals surface area (Å²) in [5.74, 6) is 0.0179. The van der Waals surface area contributed by atoms with Crippen LogP contribution in [0.3, 0.4) is 0 Å². The zero-order valence-electron chi connectivity index (χ0n) is 57.4. The molecule has 0 spiro atoms. The van der Waals surface area contributed by atoms with Gasteiger partial charge < -0.3 is 33.8 Å². The minimum absolute atomic E-state index is 0.0837. The molecule has 0 fully saturated rings. The van der Waals surface area contributed by atoms with Crippen LogP contribution in [0.15, 0.2) is 24.3 Å². The van der Waals surface area contributed by atoms with Crippen molar-refractivity contribution in [3.05, 3.63) is 24.3 Å². The number of esters is 4. The maximum Gasteiger partial charge on any atom is 0.472 e. The number of phosphoric ester groups is 2. The molecule has 0 bridgehead atoms. The molecule has 0 aliphatic rings. The summed E-state index contributed by atoms with van der Waals surface area (Å²) >= 11 is 0. The molecule has 0 amide bonds. The van der Waals surface area contributed by atoms with Crippen LogP contribution in [0.1, 0.15) is 325 Å². The van der Waals surface area contributed by atoms with Crippen LogP contribution in [0.25, 0.3) is 0 Å². The van der Waals surface area contributed by atoms with E-state index in [-0.39, 0.29) is 25.7 Å². The highest BCUT2D eigenvalue weighted by molar-refractivity contribution is 7.47. The minimum atomic E-state index is -4.96. The van der Waals surface area contributed by atoms with Crippen LogP contribution in [0, 0.1) is 17.8 Å². The van der Waals surface area contributed by atoms with Gasteiger partial charge in [0.1, 0.15) is 19.3 Å². The molecule has 0 heterocycles. The molecule has 0 aliphatic heterocycles. The highest BCUT2D eigenvalue weighted by atomic mass is 31.2. The number of carbonyl (C=O) groups excluding carboxylic acids is 4. The van der Waals surface area contributed by atoms with Gasteiger partial charge in [-0.25, -0.2) is 9.13 Å². The Morgan fingerprint density at radius 1 is 0.348 bits per heavy atom. The Bertz CT molecular complexity index is 1840. The summed E-state index contributed by atoms with van der Waals surface area (Å²) in [6.07, 6.45) is 46.7. The summed E-state index contributed by atoms with van der Waals surface area (Å²) in [6, 6.07) is 0. The zero-order chi connectivity index (χ0) is 65.9. The fourth-order valence-electron chi connectivity index (χ4n) is 10.0. The number of hydrogen-bond donors (Lipinski definition) is 3. The van der Waals surface area contributed by atoms with Gasteiger partial charge in [-0.1, -0.05) is 272 Å². The standard InChI is InChI=1S/C70H132O17P2/c1-8-9-10-11-12-13-14-15-16-17-18-22-31-39-46-53-69(74)87-66(58-81-68(73)52-45-38-33-26-29-36-43-50-63(6)7)60-85-89(78,79)83-56-64(71)55-82-88(76,77)84-59-65(57-80-67(72)51-44-37-30-25-24-28-35-42-49-62(4)5)86-70(75)54-47-40-32-23-20-19-21-27-34-41-48-61(2)3/h13-16,61-66,71H,8-12,17-60H2,1-7H3,(H,76,77)(H,78,79)/b14-13-,16-15-/t64?,65-,66-/m1/s1. The molecule has 0 saturated carbocycles. The van der Waals surface area contributed by atoms with Crippen molar-refractivity contribution in [2.24, 2.45) is 17.8 Å². The molecule has 19 heteroatoms. The first-order valence-corrected chi connectivity index (χ1v) is 38.7. The molecule has 0 rings (SSSR count). The molecule has 0 aromatic carbocycles. The summed E-state index contributed by atoms with van der Waals surface area (Å²) in [4.78, 5) is 72.5. The second kappa shape index (κ2) is 60.5. The van der Waals surface area contributed by atoms with Crippen LogP contribution in [0.4, 0.5) is 0 Å². The number of aliphatic hydroxyl groups excluding tert-OH is 1. The van der Waals surface area contributed by atoms with Crippen LogP contribution in [0.2, 0.25) is 0 Å². The minimum Gasteiger partial charge on any atom is -0.462 e. The van der Waals surface area contributed by atoms with E-state index in [0.29, 0.717) is 31.6 Å². The van der Waals surface area contributed by atoms with Crippen LogP contribution in [0.5, 0.6) is 0 Å². The number of hydrogen-bond acceptors (Lipinski definition) is 15. The third kappa shape index (κ3) is 64.1. The molecule has 0 radical (unpaired) electrons. The Kier molecular flexibility index (Phi) is 58.8. The van der Waals surface area contributed by atoms with Gasteiger partial charge in [-0.05, 0) is 69.1 Å². The number of allylic oxidation sites excluding steroid dienone is 4. The van der Waals surface area contributed by atoms with Crippen molar-refractivity contribution in [3.8, 4) is 0 Å². The van der Waals surface area contributed by atoms with E-state index in [1.54, 1.807) is 0 Å². The first kappa shape index (κ1) is 86.5. The van der Waals surface area contributed by atoms with Crippen LogP contribution in [-0.2, 0) is 65.4 Å². The molecule has 524 valence electrons. The van der Waals surface area contributed by atoms with E-state index in [1.807, 2.05) is 0 Å². The maximum atomic E-state index is 13.0. The average molecular weight is 1310 g/mol. The van der Waals surface area contributed by atoms with Crippen molar-refractivity contribution in [3.63, 3.8) is 0 Å². The van der Waals surface area contributed by atoms with E-state index >= 15 is 0 Å². The molecule has 3 N–H and O–H groups in total. The quantitative estimate of drug-likeness (QED) is 0.0169. The van der Waals surface area contributed by atoms with E-state index < -0.39 is 97.5 Å². The Labute approximate surface area is 542 Å². The smallest absolute Gasteiger partial charge is 0.462 e. The number of rotatable bonds is 66. The largest absolute Gasteiger partial charge is 0.472 e. The second-order valence-corrected chi connectivity index (χ2v) is 28.9. The maximum absolute atomic E-state index is 13.0. The topological polar surface area (TPSA) is 237 Å². The number of unbranched alkanes of at least 4 members (excludes halogenated alkanes) is 31. The average Bonchev–Trinajstić information content (AvgIpc) is 3.56. The lowest BCUT2D eigenvalue weighted by Gasteiger charge is -2.21. The van der Waals surface area contributed by atoms with Gasteiger partial charge in [0.05, 0.1) is 26.4 Å².